The molecule has 0 aliphatic carbocycles. The molecule has 0 nitrogen and oxygen atoms in total. The van der Waals surface area contributed by atoms with Crippen molar-refractivity contribution in [3.05, 3.63) is 0 Å². The fourth-order valence-electron chi connectivity index (χ4n) is 0. The normalized spacial score (nSPS) is 0. The van der Waals surface area contributed by atoms with Crippen molar-refractivity contribution < 1.29 is 0 Å². The van der Waals surface area contributed by atoms with Crippen molar-refractivity contribution in [2.75, 3.05) is 0 Å². The monoisotopic (exact) mass is 189 g/mol. The molecule has 0 atom stereocenters. The first-order valence-electron chi connectivity index (χ1n) is 0. The van der Waals surface area contributed by atoms with Crippen LogP contribution in [0.5, 0.6) is 0 Å². The first kappa shape index (κ1) is 73.1. The van der Waals surface area contributed by atoms with E-state index in [9.17, 15) is 0 Å². The molecule has 0 saturated carbocycles. The molecular formula is Al7. The van der Waals surface area contributed by atoms with E-state index in [4.69, 9.17) is 0 Å². The van der Waals surface area contributed by atoms with E-state index in [0.29, 0.717) is 0 Å². The molecule has 0 unspecified atom stereocenters. The second-order valence-electron chi connectivity index (χ2n) is 0. The molecule has 0 bridgehead atoms. The quantitative estimate of drug-likeness (QED) is 0.364. The molecule has 21 valence electrons. The molecule has 0 aromatic heterocycles. The van der Waals surface area contributed by atoms with Gasteiger partial charge in [0, 0.05) is 122 Å². The van der Waals surface area contributed by atoms with Crippen molar-refractivity contribution in [1.29, 1.82) is 0 Å². The highest BCUT2D eigenvalue weighted by atomic mass is 27.0. The van der Waals surface area contributed by atoms with Crippen LogP contribution in [0.1, 0.15) is 0 Å². The van der Waals surface area contributed by atoms with Crippen LogP contribution in [0.15, 0.2) is 0 Å². The predicted octanol–water partition coefficient (Wildman–Crippen LogP) is -2.67. The van der Waals surface area contributed by atoms with Gasteiger partial charge in [0.2, 0.25) is 0 Å². The smallest absolute Gasteiger partial charge is 0 e. The molecule has 0 rings (SSSR count). The third kappa shape index (κ3) is 41.8. The molecule has 7 heavy (non-hydrogen) atoms. The molecule has 0 heterocycles. The third-order valence-corrected chi connectivity index (χ3v) is 0. The van der Waals surface area contributed by atoms with E-state index < -0.39 is 0 Å². The zero-order chi connectivity index (χ0) is 0. The van der Waals surface area contributed by atoms with E-state index in [2.05, 4.69) is 0 Å². The summed E-state index contributed by atoms with van der Waals surface area (Å²) >= 11 is 0. The molecule has 0 amide bonds. The van der Waals surface area contributed by atoms with Gasteiger partial charge in [0.1, 0.15) is 0 Å². The maximum Gasteiger partial charge on any atom is 0 e. The SMILES string of the molecule is [Al].[Al].[Al].[Al].[Al].[Al].[Al]. The summed E-state index contributed by atoms with van der Waals surface area (Å²) in [6.07, 6.45) is 0. The van der Waals surface area contributed by atoms with E-state index in [1.165, 1.54) is 0 Å². The number of rotatable bonds is 0. The molecule has 0 saturated heterocycles. The lowest BCUT2D eigenvalue weighted by molar-refractivity contribution is 5.75. The number of hydrogen-bond acceptors (Lipinski definition) is 0. The van der Waals surface area contributed by atoms with Crippen molar-refractivity contribution in [2.24, 2.45) is 0 Å². The Kier molecular flexibility index (Phi) is 557. The summed E-state index contributed by atoms with van der Waals surface area (Å²) in [6, 6.07) is 0. The highest BCUT2D eigenvalue weighted by Crippen LogP contribution is -0.375. The van der Waals surface area contributed by atoms with Crippen molar-refractivity contribution in [3.63, 3.8) is 0 Å². The average molecular weight is 189 g/mol. The molecule has 0 spiro atoms. The Morgan fingerprint density at radius 3 is 0.143 bits per heavy atom. The fraction of sp³-hybridized carbons (Fsp3) is 0. The highest BCUT2D eigenvalue weighted by molar-refractivity contribution is 5.76. The van der Waals surface area contributed by atoms with Gasteiger partial charge >= 0.3 is 0 Å². The summed E-state index contributed by atoms with van der Waals surface area (Å²) in [5.41, 5.74) is 0. The van der Waals surface area contributed by atoms with Gasteiger partial charge in [-0.3, -0.25) is 0 Å². The Morgan fingerprint density at radius 1 is 0.143 bits per heavy atom. The maximum atomic E-state index is 0. The van der Waals surface area contributed by atoms with Crippen molar-refractivity contribution in [2.45, 2.75) is 0 Å². The average Bonchev–Trinajstić information content (AvgIpc) is 0. The van der Waals surface area contributed by atoms with E-state index in [1.54, 1.807) is 0 Å². The first-order valence-corrected chi connectivity index (χ1v) is 0. The minimum Gasteiger partial charge on any atom is 0 e. The minimum atomic E-state index is 0. The summed E-state index contributed by atoms with van der Waals surface area (Å²) in [7, 11) is 0. The summed E-state index contributed by atoms with van der Waals surface area (Å²) in [6.45, 7) is 0. The van der Waals surface area contributed by atoms with Crippen LogP contribution in [-0.2, 0) is 0 Å². The molecule has 0 aromatic carbocycles. The van der Waals surface area contributed by atoms with Crippen molar-refractivity contribution >= 4 is 122 Å². The number of hydrogen-bond donors (Lipinski definition) is 0. The Morgan fingerprint density at radius 2 is 0.143 bits per heavy atom. The van der Waals surface area contributed by atoms with Crippen LogP contribution in [0.4, 0.5) is 0 Å². The van der Waals surface area contributed by atoms with Gasteiger partial charge in [-0.1, -0.05) is 0 Å². The van der Waals surface area contributed by atoms with E-state index in [1.807, 2.05) is 0 Å². The molecule has 7 heteroatoms. The van der Waals surface area contributed by atoms with E-state index in [-0.39, 0.29) is 122 Å². The summed E-state index contributed by atoms with van der Waals surface area (Å²) in [5, 5.41) is 0. The maximum absolute atomic E-state index is 0. The Labute approximate surface area is 119 Å². The lowest BCUT2D eigenvalue weighted by Crippen LogP contribution is -0.382. The van der Waals surface area contributed by atoms with Crippen LogP contribution < -0.4 is 0 Å². The summed E-state index contributed by atoms with van der Waals surface area (Å²) < 4.78 is 0. The highest BCUT2D eigenvalue weighted by Gasteiger charge is 0.00600. The van der Waals surface area contributed by atoms with Crippen LogP contribution in [-0.4, -0.2) is 122 Å². The van der Waals surface area contributed by atoms with Crippen molar-refractivity contribution in [1.82, 2.24) is 0 Å². The topological polar surface area (TPSA) is 0 Å². The van der Waals surface area contributed by atoms with Gasteiger partial charge in [-0.2, -0.15) is 0 Å². The molecule has 0 fully saturated rings. The van der Waals surface area contributed by atoms with E-state index in [0.717, 1.165) is 0 Å². The minimum absolute atomic E-state index is 0. The van der Waals surface area contributed by atoms with Crippen LogP contribution in [0, 0.1) is 0 Å². The second kappa shape index (κ2) is 53.3. The second-order valence-corrected chi connectivity index (χ2v) is 0. The Balaban J connectivity index is 0. The molecule has 0 aliphatic rings. The van der Waals surface area contributed by atoms with Gasteiger partial charge < -0.3 is 0 Å². The summed E-state index contributed by atoms with van der Waals surface area (Å²) in [5.74, 6) is 0. The molecule has 0 aliphatic heterocycles. The molecule has 0 aromatic rings. The van der Waals surface area contributed by atoms with Crippen LogP contribution in [0.2, 0.25) is 0 Å². The van der Waals surface area contributed by atoms with Gasteiger partial charge in [0.05, 0.1) is 0 Å². The first-order chi connectivity index (χ1) is 0. The lowest BCUT2D eigenvalue weighted by atomic mass is 27.0. The lowest BCUT2D eigenvalue weighted by Gasteiger charge is -0.00100. The van der Waals surface area contributed by atoms with Gasteiger partial charge in [-0.05, 0) is 0 Å². The van der Waals surface area contributed by atoms with Crippen LogP contribution >= 0.6 is 0 Å². The Hall–Kier alpha value is 3.73. The Bertz CT molecular complexity index is 0. The zero-order valence-corrected chi connectivity index (χ0v) is 12.1. The molecule has 0 N–H and O–H groups in total. The van der Waals surface area contributed by atoms with Crippen LogP contribution in [0.25, 0.3) is 0 Å². The van der Waals surface area contributed by atoms with Gasteiger partial charge in [0.15, 0.2) is 0 Å². The molecular weight excluding hydrogens is 189 g/mol. The van der Waals surface area contributed by atoms with Gasteiger partial charge in [-0.15, -0.1) is 0 Å². The van der Waals surface area contributed by atoms with E-state index >= 15 is 0 Å². The largest absolute Gasteiger partial charge is 0 e. The van der Waals surface area contributed by atoms with Crippen molar-refractivity contribution in [3.8, 4) is 0 Å². The zero-order valence-electron chi connectivity index (χ0n) is 4.04. The van der Waals surface area contributed by atoms with Crippen LogP contribution in [0.3, 0.4) is 0 Å². The third-order valence-electron chi connectivity index (χ3n) is 0. The van der Waals surface area contributed by atoms with Gasteiger partial charge in [0.25, 0.3) is 0 Å². The fourth-order valence-corrected chi connectivity index (χ4v) is 0. The standard InChI is InChI=1S/7Al. The molecule has 21 radical (unpaired) electrons. The summed E-state index contributed by atoms with van der Waals surface area (Å²) in [4.78, 5) is 0. The van der Waals surface area contributed by atoms with Gasteiger partial charge in [-0.25, -0.2) is 0 Å². The predicted molar refractivity (Wildman–Crippen MR) is 40.3 cm³/mol.